The highest BCUT2D eigenvalue weighted by Gasteiger charge is 2.26. The molecule has 1 fully saturated rings. The summed E-state index contributed by atoms with van der Waals surface area (Å²) in [7, 11) is 1.81. The minimum Gasteiger partial charge on any atom is -0.387 e. The molecule has 2 atom stereocenters. The molecular weight excluding hydrogens is 216 g/mol. The van der Waals surface area contributed by atoms with Crippen molar-refractivity contribution in [2.24, 2.45) is 0 Å². The molecule has 92 valence electrons. The highest BCUT2D eigenvalue weighted by molar-refractivity contribution is 5.99. The number of amides is 1. The van der Waals surface area contributed by atoms with Gasteiger partial charge in [0, 0.05) is 19.3 Å². The average Bonchev–Trinajstić information content (AvgIpc) is 2.75. The molecule has 1 heterocycles. The molecule has 0 aromatic heterocycles. The second-order valence-corrected chi connectivity index (χ2v) is 4.24. The smallest absolute Gasteiger partial charge is 0.253 e. The lowest BCUT2D eigenvalue weighted by atomic mass is 10.1. The molecule has 1 aromatic rings. The molecule has 1 amide bonds. The van der Waals surface area contributed by atoms with Crippen molar-refractivity contribution in [3.63, 3.8) is 0 Å². The molecule has 0 radical (unpaired) electrons. The summed E-state index contributed by atoms with van der Waals surface area (Å²) in [6, 6.07) is 7.60. The number of carbonyl (C=O) groups excluding carboxylic acids is 1. The van der Waals surface area contributed by atoms with Crippen LogP contribution in [0.25, 0.3) is 0 Å². The molecule has 0 saturated carbocycles. The van der Waals surface area contributed by atoms with Gasteiger partial charge in [0.1, 0.15) is 0 Å². The average molecular weight is 234 g/mol. The number of para-hydroxylation sites is 1. The third kappa shape index (κ3) is 2.58. The number of hydrogen-bond donors (Lipinski definition) is 2. The molecule has 1 aromatic carbocycles. The lowest BCUT2D eigenvalue weighted by Crippen LogP contribution is -2.39. The molecule has 4 heteroatoms. The number of carbonyl (C=O) groups is 1. The van der Waals surface area contributed by atoms with E-state index in [0.29, 0.717) is 5.56 Å². The van der Waals surface area contributed by atoms with Crippen LogP contribution in [0.1, 0.15) is 23.7 Å². The standard InChI is InChI=1S/C13H18N2O2/c1-9-11(7-8-17-9)15-13(16)10-5-3-4-6-12(10)14-2/h3-6,9,11,14H,7-8H2,1-2H3,(H,15,16). The predicted molar refractivity (Wildman–Crippen MR) is 67.3 cm³/mol. The molecule has 2 rings (SSSR count). The first-order chi connectivity index (χ1) is 8.22. The second-order valence-electron chi connectivity index (χ2n) is 4.24. The molecule has 0 bridgehead atoms. The fourth-order valence-electron chi connectivity index (χ4n) is 2.07. The summed E-state index contributed by atoms with van der Waals surface area (Å²) in [5.74, 6) is -0.0442. The van der Waals surface area contributed by atoms with E-state index in [1.807, 2.05) is 38.2 Å². The molecule has 1 aliphatic heterocycles. The third-order valence-corrected chi connectivity index (χ3v) is 3.13. The predicted octanol–water partition coefficient (Wildman–Crippen LogP) is 1.64. The summed E-state index contributed by atoms with van der Waals surface area (Å²) in [4.78, 5) is 12.1. The zero-order valence-corrected chi connectivity index (χ0v) is 10.2. The van der Waals surface area contributed by atoms with Gasteiger partial charge in [0.2, 0.25) is 0 Å². The number of ether oxygens (including phenoxy) is 1. The van der Waals surface area contributed by atoms with Crippen molar-refractivity contribution >= 4 is 11.6 Å². The van der Waals surface area contributed by atoms with Crippen LogP contribution in [0.3, 0.4) is 0 Å². The van der Waals surface area contributed by atoms with Gasteiger partial charge in [-0.05, 0) is 25.5 Å². The maximum absolute atomic E-state index is 12.1. The van der Waals surface area contributed by atoms with Gasteiger partial charge in [0.05, 0.1) is 17.7 Å². The summed E-state index contributed by atoms with van der Waals surface area (Å²) < 4.78 is 5.43. The molecular formula is C13H18N2O2. The molecule has 2 unspecified atom stereocenters. The van der Waals surface area contributed by atoms with E-state index >= 15 is 0 Å². The Hall–Kier alpha value is -1.55. The summed E-state index contributed by atoms with van der Waals surface area (Å²) in [5.41, 5.74) is 1.52. The fraction of sp³-hybridized carbons (Fsp3) is 0.462. The zero-order chi connectivity index (χ0) is 12.3. The first-order valence-electron chi connectivity index (χ1n) is 5.91. The molecule has 1 saturated heterocycles. The van der Waals surface area contributed by atoms with E-state index in [0.717, 1.165) is 18.7 Å². The maximum atomic E-state index is 12.1. The normalized spacial score (nSPS) is 23.4. The number of anilines is 1. The van der Waals surface area contributed by atoms with E-state index < -0.39 is 0 Å². The Morgan fingerprint density at radius 1 is 1.41 bits per heavy atom. The lowest BCUT2D eigenvalue weighted by molar-refractivity contribution is 0.0867. The zero-order valence-electron chi connectivity index (χ0n) is 10.2. The van der Waals surface area contributed by atoms with Gasteiger partial charge < -0.3 is 15.4 Å². The van der Waals surface area contributed by atoms with Gasteiger partial charge in [-0.1, -0.05) is 12.1 Å². The van der Waals surface area contributed by atoms with Gasteiger partial charge in [0.15, 0.2) is 0 Å². The van der Waals surface area contributed by atoms with Crippen LogP contribution in [0, 0.1) is 0 Å². The van der Waals surface area contributed by atoms with Crippen LogP contribution >= 0.6 is 0 Å². The number of hydrogen-bond acceptors (Lipinski definition) is 3. The van der Waals surface area contributed by atoms with Crippen molar-refractivity contribution in [3.8, 4) is 0 Å². The monoisotopic (exact) mass is 234 g/mol. The van der Waals surface area contributed by atoms with E-state index in [-0.39, 0.29) is 18.1 Å². The summed E-state index contributed by atoms with van der Waals surface area (Å²) in [6.45, 7) is 2.71. The molecule has 0 aliphatic carbocycles. The van der Waals surface area contributed by atoms with Gasteiger partial charge >= 0.3 is 0 Å². The highest BCUT2D eigenvalue weighted by Crippen LogP contribution is 2.17. The van der Waals surface area contributed by atoms with E-state index in [2.05, 4.69) is 10.6 Å². The van der Waals surface area contributed by atoms with Crippen LogP contribution in [0.4, 0.5) is 5.69 Å². The SMILES string of the molecule is CNc1ccccc1C(=O)NC1CCOC1C. The molecule has 1 aliphatic rings. The van der Waals surface area contributed by atoms with Crippen LogP contribution in [0.15, 0.2) is 24.3 Å². The van der Waals surface area contributed by atoms with Gasteiger partial charge in [-0.25, -0.2) is 0 Å². The molecule has 4 nitrogen and oxygen atoms in total. The first kappa shape index (κ1) is 11.9. The Morgan fingerprint density at radius 3 is 2.82 bits per heavy atom. The minimum atomic E-state index is -0.0442. The van der Waals surface area contributed by atoms with Gasteiger partial charge in [-0.2, -0.15) is 0 Å². The van der Waals surface area contributed by atoms with Crippen molar-refractivity contribution in [2.45, 2.75) is 25.5 Å². The Morgan fingerprint density at radius 2 is 2.18 bits per heavy atom. The van der Waals surface area contributed by atoms with Crippen LogP contribution < -0.4 is 10.6 Å². The minimum absolute atomic E-state index is 0.0442. The Kier molecular flexibility index (Phi) is 3.64. The van der Waals surface area contributed by atoms with E-state index in [1.54, 1.807) is 0 Å². The summed E-state index contributed by atoms with van der Waals surface area (Å²) >= 11 is 0. The topological polar surface area (TPSA) is 50.4 Å². The van der Waals surface area contributed by atoms with Gasteiger partial charge in [-0.3, -0.25) is 4.79 Å². The van der Waals surface area contributed by atoms with E-state index in [9.17, 15) is 4.79 Å². The molecule has 0 spiro atoms. The van der Waals surface area contributed by atoms with E-state index in [1.165, 1.54) is 0 Å². The lowest BCUT2D eigenvalue weighted by Gasteiger charge is -2.17. The number of rotatable bonds is 3. The van der Waals surface area contributed by atoms with Crippen LogP contribution in [0.2, 0.25) is 0 Å². The highest BCUT2D eigenvalue weighted by atomic mass is 16.5. The van der Waals surface area contributed by atoms with Crippen molar-refractivity contribution in [3.05, 3.63) is 29.8 Å². The van der Waals surface area contributed by atoms with Gasteiger partial charge in [0.25, 0.3) is 5.91 Å². The first-order valence-corrected chi connectivity index (χ1v) is 5.91. The Bertz CT molecular complexity index is 406. The van der Waals surface area contributed by atoms with Crippen LogP contribution in [-0.4, -0.2) is 31.7 Å². The second kappa shape index (κ2) is 5.19. The Labute approximate surface area is 101 Å². The molecule has 2 N–H and O–H groups in total. The third-order valence-electron chi connectivity index (χ3n) is 3.13. The summed E-state index contributed by atoms with van der Waals surface area (Å²) in [6.07, 6.45) is 0.981. The number of nitrogens with one attached hydrogen (secondary N) is 2. The fourth-order valence-corrected chi connectivity index (χ4v) is 2.07. The van der Waals surface area contributed by atoms with Crippen molar-refractivity contribution in [1.82, 2.24) is 5.32 Å². The Balaban J connectivity index is 2.09. The van der Waals surface area contributed by atoms with Crippen molar-refractivity contribution in [2.75, 3.05) is 19.0 Å². The number of benzene rings is 1. The van der Waals surface area contributed by atoms with Crippen LogP contribution in [0.5, 0.6) is 0 Å². The maximum Gasteiger partial charge on any atom is 0.253 e. The van der Waals surface area contributed by atoms with Crippen molar-refractivity contribution < 1.29 is 9.53 Å². The van der Waals surface area contributed by atoms with E-state index in [4.69, 9.17) is 4.74 Å². The van der Waals surface area contributed by atoms with Gasteiger partial charge in [-0.15, -0.1) is 0 Å². The quantitative estimate of drug-likeness (QED) is 0.836. The summed E-state index contributed by atoms with van der Waals surface area (Å²) in [5, 5.41) is 6.04. The van der Waals surface area contributed by atoms with Crippen LogP contribution in [-0.2, 0) is 4.74 Å². The molecule has 17 heavy (non-hydrogen) atoms. The van der Waals surface area contributed by atoms with Crippen molar-refractivity contribution in [1.29, 1.82) is 0 Å². The largest absolute Gasteiger partial charge is 0.387 e.